The second kappa shape index (κ2) is 8.16. The van der Waals surface area contributed by atoms with Crippen molar-refractivity contribution in [1.82, 2.24) is 15.2 Å². The molecule has 3 aromatic rings. The van der Waals surface area contributed by atoms with Gasteiger partial charge in [0.25, 0.3) is 0 Å². The number of unbranched alkanes of at least 4 members (excludes halogenated alkanes) is 1. The van der Waals surface area contributed by atoms with Crippen molar-refractivity contribution in [2.75, 3.05) is 11.1 Å². The molecule has 3 heterocycles. The van der Waals surface area contributed by atoms with Gasteiger partial charge in [-0.1, -0.05) is 41.0 Å². The van der Waals surface area contributed by atoms with Crippen LogP contribution in [0.3, 0.4) is 0 Å². The maximum Gasteiger partial charge on any atom is 0.247 e. The van der Waals surface area contributed by atoms with E-state index in [9.17, 15) is 0 Å². The molecule has 0 amide bonds. The van der Waals surface area contributed by atoms with Crippen LogP contribution in [-0.2, 0) is 0 Å². The number of halogens is 1. The van der Waals surface area contributed by atoms with Crippen LogP contribution in [0.25, 0.3) is 11.3 Å². The summed E-state index contributed by atoms with van der Waals surface area (Å²) in [6.07, 6.45) is 1.96. The van der Waals surface area contributed by atoms with Crippen LogP contribution >= 0.6 is 39.0 Å². The molecule has 1 atom stereocenters. The monoisotopic (exact) mass is 462 g/mol. The van der Waals surface area contributed by atoms with E-state index in [1.165, 1.54) is 4.88 Å². The molecule has 0 fully saturated rings. The Morgan fingerprint density at radius 1 is 1.26 bits per heavy atom. The molecule has 1 aromatic carbocycles. The highest BCUT2D eigenvalue weighted by atomic mass is 79.9. The van der Waals surface area contributed by atoms with Crippen LogP contribution in [-0.4, -0.2) is 20.9 Å². The van der Waals surface area contributed by atoms with E-state index in [1.807, 2.05) is 18.2 Å². The molecule has 8 heteroatoms. The number of ether oxygens (including phenoxy) is 1. The normalized spacial score (nSPS) is 15.3. The largest absolute Gasteiger partial charge is 0.447 e. The Morgan fingerprint density at radius 3 is 2.93 bits per heavy atom. The molecule has 1 aliphatic rings. The summed E-state index contributed by atoms with van der Waals surface area (Å²) in [5, 5.41) is 12.9. The molecule has 4 rings (SSSR count). The van der Waals surface area contributed by atoms with Gasteiger partial charge in [-0.2, -0.15) is 4.98 Å². The van der Waals surface area contributed by atoms with E-state index < -0.39 is 0 Å². The molecule has 1 aliphatic heterocycles. The average molecular weight is 463 g/mol. The molecule has 1 N–H and O–H groups in total. The van der Waals surface area contributed by atoms with Gasteiger partial charge in [-0.3, -0.25) is 0 Å². The van der Waals surface area contributed by atoms with Crippen molar-refractivity contribution in [3.8, 4) is 17.1 Å². The van der Waals surface area contributed by atoms with E-state index in [4.69, 9.17) is 4.74 Å². The standard InChI is InChI=1S/C19H19BrN4OS2/c1-3-4-9-26-19-22-18-16(23-24-19)13-10-12(20)6-7-14(13)21-17(25-18)15-8-5-11(2)27-15/h5-8,10,17,21H,3-4,9H2,1-2H3. The first-order valence-electron chi connectivity index (χ1n) is 8.81. The maximum atomic E-state index is 6.28. The second-order valence-electron chi connectivity index (χ2n) is 6.23. The molecular formula is C19H19BrN4OS2. The van der Waals surface area contributed by atoms with Crippen LogP contribution in [0, 0.1) is 6.92 Å². The summed E-state index contributed by atoms with van der Waals surface area (Å²) in [6.45, 7) is 4.27. The van der Waals surface area contributed by atoms with Crippen LogP contribution in [0.5, 0.6) is 5.88 Å². The highest BCUT2D eigenvalue weighted by Crippen LogP contribution is 2.41. The van der Waals surface area contributed by atoms with Crippen LogP contribution in [0.1, 0.15) is 35.7 Å². The third-order valence-corrected chi connectivity index (χ3v) is 6.60. The van der Waals surface area contributed by atoms with Crippen LogP contribution < -0.4 is 10.1 Å². The number of thiophene rings is 1. The van der Waals surface area contributed by atoms with E-state index in [-0.39, 0.29) is 6.23 Å². The number of nitrogens with zero attached hydrogens (tertiary/aromatic N) is 3. The number of anilines is 1. The number of benzene rings is 1. The highest BCUT2D eigenvalue weighted by molar-refractivity contribution is 9.10. The van der Waals surface area contributed by atoms with E-state index in [0.29, 0.717) is 16.7 Å². The zero-order valence-corrected chi connectivity index (χ0v) is 18.2. The fourth-order valence-electron chi connectivity index (χ4n) is 2.76. The molecule has 0 spiro atoms. The van der Waals surface area contributed by atoms with E-state index in [2.05, 4.69) is 62.4 Å². The van der Waals surface area contributed by atoms with Crippen LogP contribution in [0.2, 0.25) is 0 Å². The van der Waals surface area contributed by atoms with Crippen molar-refractivity contribution in [2.45, 2.75) is 38.1 Å². The zero-order valence-electron chi connectivity index (χ0n) is 15.0. The Balaban J connectivity index is 1.76. The third kappa shape index (κ3) is 4.12. The summed E-state index contributed by atoms with van der Waals surface area (Å²) >= 11 is 6.88. The van der Waals surface area contributed by atoms with Gasteiger partial charge in [-0.25, -0.2) is 0 Å². The predicted molar refractivity (Wildman–Crippen MR) is 115 cm³/mol. The molecular weight excluding hydrogens is 444 g/mol. The van der Waals surface area contributed by atoms with Crippen molar-refractivity contribution in [1.29, 1.82) is 0 Å². The lowest BCUT2D eigenvalue weighted by Crippen LogP contribution is -2.15. The van der Waals surface area contributed by atoms with Crippen molar-refractivity contribution in [3.05, 3.63) is 44.6 Å². The first-order chi connectivity index (χ1) is 13.1. The minimum absolute atomic E-state index is 0.310. The van der Waals surface area contributed by atoms with Crippen molar-refractivity contribution < 1.29 is 4.74 Å². The fraction of sp³-hybridized carbons (Fsp3) is 0.316. The zero-order chi connectivity index (χ0) is 18.8. The maximum absolute atomic E-state index is 6.28. The number of aromatic nitrogens is 3. The predicted octanol–water partition coefficient (Wildman–Crippen LogP) is 6.07. The third-order valence-electron chi connectivity index (χ3n) is 4.14. The van der Waals surface area contributed by atoms with Gasteiger partial charge in [0.15, 0.2) is 5.69 Å². The summed E-state index contributed by atoms with van der Waals surface area (Å²) in [5.41, 5.74) is 2.55. The van der Waals surface area contributed by atoms with E-state index in [1.54, 1.807) is 23.1 Å². The topological polar surface area (TPSA) is 59.9 Å². The number of fused-ring (bicyclic) bond motifs is 3. The first-order valence-corrected chi connectivity index (χ1v) is 11.4. The van der Waals surface area contributed by atoms with Crippen LogP contribution in [0.15, 0.2) is 40.0 Å². The number of hydrogen-bond acceptors (Lipinski definition) is 7. The lowest BCUT2D eigenvalue weighted by Gasteiger charge is -2.17. The molecule has 2 aromatic heterocycles. The lowest BCUT2D eigenvalue weighted by atomic mass is 10.1. The Hall–Kier alpha value is -1.64. The number of nitrogens with one attached hydrogen (secondary N) is 1. The minimum atomic E-state index is -0.310. The SMILES string of the molecule is CCCCSc1nnc2c(n1)OC(c1ccc(C)s1)Nc1ccc(Br)cc1-2. The summed E-state index contributed by atoms with van der Waals surface area (Å²) in [6, 6.07) is 10.2. The van der Waals surface area contributed by atoms with E-state index in [0.717, 1.165) is 39.2 Å². The van der Waals surface area contributed by atoms with Gasteiger partial charge in [-0.05, 0) is 43.7 Å². The van der Waals surface area contributed by atoms with Gasteiger partial charge >= 0.3 is 0 Å². The first kappa shape index (κ1) is 18.7. The molecule has 27 heavy (non-hydrogen) atoms. The minimum Gasteiger partial charge on any atom is -0.447 e. The van der Waals surface area contributed by atoms with Gasteiger partial charge in [-0.15, -0.1) is 21.5 Å². The Bertz CT molecular complexity index is 963. The molecule has 0 saturated heterocycles. The molecule has 0 aliphatic carbocycles. The molecule has 0 bridgehead atoms. The molecule has 1 unspecified atom stereocenters. The smallest absolute Gasteiger partial charge is 0.247 e. The fourth-order valence-corrected chi connectivity index (χ4v) is 4.84. The number of thioether (sulfide) groups is 1. The molecule has 0 saturated carbocycles. The Labute approximate surface area is 175 Å². The van der Waals surface area contributed by atoms with Crippen molar-refractivity contribution in [2.24, 2.45) is 0 Å². The average Bonchev–Trinajstić information content (AvgIpc) is 3.02. The van der Waals surface area contributed by atoms with Gasteiger partial charge < -0.3 is 10.1 Å². The number of rotatable bonds is 5. The quantitative estimate of drug-likeness (QED) is 0.366. The van der Waals surface area contributed by atoms with Crippen molar-refractivity contribution >= 4 is 44.7 Å². The molecule has 140 valence electrons. The van der Waals surface area contributed by atoms with Gasteiger partial charge in [0, 0.05) is 26.4 Å². The molecule has 5 nitrogen and oxygen atoms in total. The summed E-state index contributed by atoms with van der Waals surface area (Å²) in [5.74, 6) is 1.50. The van der Waals surface area contributed by atoms with Gasteiger partial charge in [0.1, 0.15) is 0 Å². The van der Waals surface area contributed by atoms with Gasteiger partial charge in [0.05, 0.1) is 4.88 Å². The molecule has 0 radical (unpaired) electrons. The summed E-state index contributed by atoms with van der Waals surface area (Å²) in [7, 11) is 0. The second-order valence-corrected chi connectivity index (χ2v) is 9.53. The highest BCUT2D eigenvalue weighted by Gasteiger charge is 2.27. The lowest BCUT2D eigenvalue weighted by molar-refractivity contribution is 0.229. The number of aryl methyl sites for hydroxylation is 1. The summed E-state index contributed by atoms with van der Waals surface area (Å²) < 4.78 is 7.26. The van der Waals surface area contributed by atoms with Crippen LogP contribution in [0.4, 0.5) is 5.69 Å². The number of hydrogen-bond donors (Lipinski definition) is 1. The summed E-state index contributed by atoms with van der Waals surface area (Å²) in [4.78, 5) is 7.02. The van der Waals surface area contributed by atoms with E-state index >= 15 is 0 Å². The Kier molecular flexibility index (Phi) is 5.66. The Morgan fingerprint density at radius 2 is 2.15 bits per heavy atom. The van der Waals surface area contributed by atoms with Crippen molar-refractivity contribution in [3.63, 3.8) is 0 Å². The van der Waals surface area contributed by atoms with Gasteiger partial charge in [0.2, 0.25) is 17.3 Å².